The lowest BCUT2D eigenvalue weighted by Crippen LogP contribution is -2.36. The van der Waals surface area contributed by atoms with Gasteiger partial charge in [0, 0.05) is 18.0 Å². The fourth-order valence-electron chi connectivity index (χ4n) is 3.68. The lowest BCUT2D eigenvalue weighted by molar-refractivity contribution is -0.128. The molecule has 1 amide bonds. The molecule has 2 saturated carbocycles. The van der Waals surface area contributed by atoms with Crippen molar-refractivity contribution in [2.45, 2.75) is 37.2 Å². The highest BCUT2D eigenvalue weighted by atomic mass is 32.2. The standard InChI is InChI=1S/C14H21NO6S/c1-8(2)14(16)15-3-4-19-7-20-12-9-5-10-11(6-9)22(17,18)21-13(10)12/h9-13H,1,3-7H2,2H3,(H,15,16). The Balaban J connectivity index is 1.38. The number of carbonyl (C=O) groups is 1. The first-order valence-corrected chi connectivity index (χ1v) is 8.92. The van der Waals surface area contributed by atoms with Gasteiger partial charge in [0.15, 0.2) is 0 Å². The van der Waals surface area contributed by atoms with E-state index < -0.39 is 10.1 Å². The third-order valence-corrected chi connectivity index (χ3v) is 6.45. The number of nitrogens with one attached hydrogen (secondary N) is 1. The maximum Gasteiger partial charge on any atom is 0.270 e. The quantitative estimate of drug-likeness (QED) is 0.310. The Morgan fingerprint density at radius 1 is 1.41 bits per heavy atom. The van der Waals surface area contributed by atoms with Crippen LogP contribution in [-0.4, -0.2) is 51.7 Å². The summed E-state index contributed by atoms with van der Waals surface area (Å²) in [4.78, 5) is 11.2. The zero-order valence-electron chi connectivity index (χ0n) is 12.5. The smallest absolute Gasteiger partial charge is 0.270 e. The molecule has 0 aromatic heterocycles. The predicted octanol–water partition coefficient (Wildman–Crippen LogP) is 0.175. The number of rotatable bonds is 7. The fraction of sp³-hybridized carbons (Fsp3) is 0.786. The summed E-state index contributed by atoms with van der Waals surface area (Å²) in [5.74, 6) is 0.118. The minimum atomic E-state index is -3.40. The monoisotopic (exact) mass is 331 g/mol. The molecule has 0 spiro atoms. The van der Waals surface area contributed by atoms with Gasteiger partial charge in [-0.15, -0.1) is 0 Å². The summed E-state index contributed by atoms with van der Waals surface area (Å²) in [5.41, 5.74) is 0.451. The number of carbonyl (C=O) groups excluding carboxylic acids is 1. The third kappa shape index (κ3) is 2.80. The molecule has 5 unspecified atom stereocenters. The molecular formula is C14H21NO6S. The van der Waals surface area contributed by atoms with Crippen molar-refractivity contribution in [1.82, 2.24) is 5.32 Å². The van der Waals surface area contributed by atoms with Crippen molar-refractivity contribution in [2.24, 2.45) is 11.8 Å². The Kier molecular flexibility index (Phi) is 4.28. The molecule has 7 nitrogen and oxygen atoms in total. The van der Waals surface area contributed by atoms with Gasteiger partial charge in [-0.3, -0.25) is 8.98 Å². The Hall–Kier alpha value is -0.960. The lowest BCUT2D eigenvalue weighted by Gasteiger charge is -2.24. The van der Waals surface area contributed by atoms with Crippen molar-refractivity contribution >= 4 is 16.0 Å². The highest BCUT2D eigenvalue weighted by Crippen LogP contribution is 2.55. The molecule has 3 fully saturated rings. The normalized spacial score (nSPS) is 37.4. The van der Waals surface area contributed by atoms with Crippen molar-refractivity contribution in [3.63, 3.8) is 0 Å². The third-order valence-electron chi connectivity index (χ3n) is 4.68. The van der Waals surface area contributed by atoms with E-state index >= 15 is 0 Å². The molecule has 1 N–H and O–H groups in total. The van der Waals surface area contributed by atoms with E-state index in [2.05, 4.69) is 11.9 Å². The van der Waals surface area contributed by atoms with Gasteiger partial charge in [0.05, 0.1) is 18.0 Å². The molecule has 0 aromatic carbocycles. The van der Waals surface area contributed by atoms with Crippen LogP contribution in [0.3, 0.4) is 0 Å². The van der Waals surface area contributed by atoms with E-state index in [1.807, 2.05) is 0 Å². The van der Waals surface area contributed by atoms with Crippen molar-refractivity contribution in [2.75, 3.05) is 19.9 Å². The number of hydrogen-bond donors (Lipinski definition) is 1. The highest BCUT2D eigenvalue weighted by molar-refractivity contribution is 7.87. The highest BCUT2D eigenvalue weighted by Gasteiger charge is 2.64. The van der Waals surface area contributed by atoms with Crippen molar-refractivity contribution < 1.29 is 26.9 Å². The molecule has 22 heavy (non-hydrogen) atoms. The number of fused-ring (bicyclic) bond motifs is 1. The molecule has 1 aliphatic heterocycles. The SMILES string of the molecule is C=C(C)C(=O)NCCOCOC1C2CC3C1OS(=O)(=O)C3C2. The molecule has 124 valence electrons. The van der Waals surface area contributed by atoms with Crippen LogP contribution in [-0.2, 0) is 28.6 Å². The summed E-state index contributed by atoms with van der Waals surface area (Å²) < 4.78 is 39.8. The van der Waals surface area contributed by atoms with E-state index in [-0.39, 0.29) is 42.0 Å². The second kappa shape index (κ2) is 5.92. The number of hydrogen-bond acceptors (Lipinski definition) is 6. The van der Waals surface area contributed by atoms with Gasteiger partial charge in [0.25, 0.3) is 10.1 Å². The Labute approximate surface area is 130 Å². The van der Waals surface area contributed by atoms with E-state index in [1.54, 1.807) is 6.92 Å². The van der Waals surface area contributed by atoms with Crippen LogP contribution in [0, 0.1) is 11.8 Å². The van der Waals surface area contributed by atoms with Crippen LogP contribution in [0.25, 0.3) is 0 Å². The van der Waals surface area contributed by atoms with Gasteiger partial charge in [-0.1, -0.05) is 6.58 Å². The van der Waals surface area contributed by atoms with Crippen LogP contribution in [0.15, 0.2) is 12.2 Å². The molecule has 8 heteroatoms. The molecule has 5 atom stereocenters. The lowest BCUT2D eigenvalue weighted by atomic mass is 9.94. The summed E-state index contributed by atoms with van der Waals surface area (Å²) in [7, 11) is -3.40. The van der Waals surface area contributed by atoms with Gasteiger partial charge in [0.1, 0.15) is 12.9 Å². The van der Waals surface area contributed by atoms with Gasteiger partial charge >= 0.3 is 0 Å². The van der Waals surface area contributed by atoms with Gasteiger partial charge in [0.2, 0.25) is 5.91 Å². The first-order valence-electron chi connectivity index (χ1n) is 7.45. The number of amides is 1. The summed E-state index contributed by atoms with van der Waals surface area (Å²) in [6.07, 6.45) is 0.931. The summed E-state index contributed by atoms with van der Waals surface area (Å²) >= 11 is 0. The topological polar surface area (TPSA) is 90.9 Å². The largest absolute Gasteiger partial charge is 0.354 e. The minimum Gasteiger partial charge on any atom is -0.354 e. The first-order chi connectivity index (χ1) is 10.4. The van der Waals surface area contributed by atoms with Gasteiger partial charge in [-0.25, -0.2) is 0 Å². The zero-order chi connectivity index (χ0) is 15.9. The summed E-state index contributed by atoms with van der Waals surface area (Å²) in [6.45, 7) is 5.95. The molecule has 3 rings (SSSR count). The second-order valence-electron chi connectivity index (χ2n) is 6.18. The molecule has 1 saturated heterocycles. The van der Waals surface area contributed by atoms with Crippen LogP contribution >= 0.6 is 0 Å². The molecule has 2 aliphatic carbocycles. The van der Waals surface area contributed by atoms with E-state index in [9.17, 15) is 13.2 Å². The predicted molar refractivity (Wildman–Crippen MR) is 77.3 cm³/mol. The van der Waals surface area contributed by atoms with Gasteiger partial charge < -0.3 is 14.8 Å². The Bertz CT molecular complexity index is 574. The summed E-state index contributed by atoms with van der Waals surface area (Å²) in [5, 5.41) is 2.32. The molecule has 1 heterocycles. The minimum absolute atomic E-state index is 0.0708. The van der Waals surface area contributed by atoms with Crippen LogP contribution in [0.1, 0.15) is 19.8 Å². The molecule has 3 aliphatic rings. The van der Waals surface area contributed by atoms with Crippen molar-refractivity contribution in [3.05, 3.63) is 12.2 Å². The maximum absolute atomic E-state index is 11.8. The molecular weight excluding hydrogens is 310 g/mol. The van der Waals surface area contributed by atoms with Crippen LogP contribution in [0.5, 0.6) is 0 Å². The first kappa shape index (κ1) is 15.9. The maximum atomic E-state index is 11.8. The van der Waals surface area contributed by atoms with E-state index in [4.69, 9.17) is 13.7 Å². The Morgan fingerprint density at radius 3 is 2.91 bits per heavy atom. The van der Waals surface area contributed by atoms with Crippen molar-refractivity contribution in [1.29, 1.82) is 0 Å². The van der Waals surface area contributed by atoms with E-state index in [0.717, 1.165) is 6.42 Å². The molecule has 2 bridgehead atoms. The molecule has 0 radical (unpaired) electrons. The Morgan fingerprint density at radius 2 is 2.18 bits per heavy atom. The average Bonchev–Trinajstić information content (AvgIpc) is 3.05. The van der Waals surface area contributed by atoms with Crippen molar-refractivity contribution in [3.8, 4) is 0 Å². The van der Waals surface area contributed by atoms with Crippen LogP contribution < -0.4 is 5.32 Å². The molecule has 0 aromatic rings. The van der Waals surface area contributed by atoms with Gasteiger partial charge in [-0.2, -0.15) is 8.42 Å². The van der Waals surface area contributed by atoms with Crippen LogP contribution in [0.4, 0.5) is 0 Å². The van der Waals surface area contributed by atoms with E-state index in [0.29, 0.717) is 25.1 Å². The van der Waals surface area contributed by atoms with Gasteiger partial charge in [-0.05, 0) is 25.7 Å². The zero-order valence-corrected chi connectivity index (χ0v) is 13.3. The van der Waals surface area contributed by atoms with Crippen LogP contribution in [0.2, 0.25) is 0 Å². The fourth-order valence-corrected chi connectivity index (χ4v) is 5.57. The summed E-state index contributed by atoms with van der Waals surface area (Å²) in [6, 6.07) is 0. The number of ether oxygens (including phenoxy) is 2. The average molecular weight is 331 g/mol. The van der Waals surface area contributed by atoms with E-state index in [1.165, 1.54) is 0 Å². The second-order valence-corrected chi connectivity index (χ2v) is 7.96.